The minimum absolute atomic E-state index is 0.233. The predicted octanol–water partition coefficient (Wildman–Crippen LogP) is 2.59. The van der Waals surface area contributed by atoms with E-state index in [1.54, 1.807) is 0 Å². The Morgan fingerprint density at radius 3 is 2.62 bits per heavy atom. The summed E-state index contributed by atoms with van der Waals surface area (Å²) in [6.07, 6.45) is 8.15. The van der Waals surface area contributed by atoms with Crippen LogP contribution in [-0.4, -0.2) is 59.2 Å². The summed E-state index contributed by atoms with van der Waals surface area (Å²) in [5.74, 6) is 0. The van der Waals surface area contributed by atoms with Crippen LogP contribution >= 0.6 is 0 Å². The molecule has 0 aromatic carbocycles. The molecule has 2 saturated heterocycles. The van der Waals surface area contributed by atoms with E-state index in [-0.39, 0.29) is 5.41 Å². The van der Waals surface area contributed by atoms with Crippen molar-refractivity contribution in [3.63, 3.8) is 0 Å². The van der Waals surface area contributed by atoms with Gasteiger partial charge in [-0.15, -0.1) is 0 Å². The standard InChI is InChI=1S/C21H28N4O/c1-2-8-23-20(4-1)15-25-12-13-26-18-21(17-25)7-3-11-24(16-21)14-19-5-9-22-10-6-19/h1-2,4-6,8-10H,3,7,11-18H2/t21-/m0/s1. The summed E-state index contributed by atoms with van der Waals surface area (Å²) < 4.78 is 6.06. The fourth-order valence-corrected chi connectivity index (χ4v) is 4.38. The lowest BCUT2D eigenvalue weighted by molar-refractivity contribution is 0.00241. The fraction of sp³-hybridized carbons (Fsp3) is 0.524. The van der Waals surface area contributed by atoms with Crippen LogP contribution in [0.15, 0.2) is 48.9 Å². The number of likely N-dealkylation sites (tertiary alicyclic amines) is 1. The normalized spacial score (nSPS) is 25.2. The maximum atomic E-state index is 6.06. The van der Waals surface area contributed by atoms with Crippen molar-refractivity contribution in [1.82, 2.24) is 19.8 Å². The number of piperidine rings is 1. The van der Waals surface area contributed by atoms with Gasteiger partial charge in [-0.25, -0.2) is 0 Å². The lowest BCUT2D eigenvalue weighted by Gasteiger charge is -2.43. The second kappa shape index (κ2) is 8.25. The molecule has 1 spiro atoms. The molecular formula is C21H28N4O. The summed E-state index contributed by atoms with van der Waals surface area (Å²) in [4.78, 5) is 13.8. The van der Waals surface area contributed by atoms with E-state index in [4.69, 9.17) is 4.74 Å². The molecule has 4 rings (SSSR count). The van der Waals surface area contributed by atoms with Crippen molar-refractivity contribution in [3.8, 4) is 0 Å². The molecule has 2 aliphatic heterocycles. The van der Waals surface area contributed by atoms with Gasteiger partial charge in [-0.1, -0.05) is 6.07 Å². The number of rotatable bonds is 4. The maximum Gasteiger partial charge on any atom is 0.0593 e. The Labute approximate surface area is 156 Å². The molecule has 0 radical (unpaired) electrons. The first-order chi connectivity index (χ1) is 12.8. The Morgan fingerprint density at radius 1 is 0.962 bits per heavy atom. The summed E-state index contributed by atoms with van der Waals surface area (Å²) in [6.45, 7) is 7.97. The summed E-state index contributed by atoms with van der Waals surface area (Å²) in [7, 11) is 0. The van der Waals surface area contributed by atoms with Crippen molar-refractivity contribution < 1.29 is 4.74 Å². The zero-order valence-corrected chi connectivity index (χ0v) is 15.4. The molecule has 2 aromatic rings. The highest BCUT2D eigenvalue weighted by Crippen LogP contribution is 2.34. The molecule has 1 atom stereocenters. The summed E-state index contributed by atoms with van der Waals surface area (Å²) in [5, 5.41) is 0. The van der Waals surface area contributed by atoms with Crippen molar-refractivity contribution in [3.05, 3.63) is 60.2 Å². The minimum Gasteiger partial charge on any atom is -0.379 e. The van der Waals surface area contributed by atoms with E-state index < -0.39 is 0 Å². The molecule has 0 bridgehead atoms. The quantitative estimate of drug-likeness (QED) is 0.846. The Morgan fingerprint density at radius 2 is 1.81 bits per heavy atom. The monoisotopic (exact) mass is 352 g/mol. The molecular weight excluding hydrogens is 324 g/mol. The second-order valence-electron chi connectivity index (χ2n) is 7.75. The number of pyridine rings is 2. The first-order valence-electron chi connectivity index (χ1n) is 9.63. The topological polar surface area (TPSA) is 41.5 Å². The van der Waals surface area contributed by atoms with E-state index in [1.807, 2.05) is 24.7 Å². The Bertz CT molecular complexity index is 681. The van der Waals surface area contributed by atoms with Gasteiger partial charge < -0.3 is 4.74 Å². The van der Waals surface area contributed by atoms with Gasteiger partial charge in [-0.3, -0.25) is 19.8 Å². The van der Waals surface area contributed by atoms with Crippen LogP contribution in [0, 0.1) is 5.41 Å². The highest BCUT2D eigenvalue weighted by Gasteiger charge is 2.38. The highest BCUT2D eigenvalue weighted by atomic mass is 16.5. The zero-order chi connectivity index (χ0) is 17.7. The molecule has 4 heterocycles. The molecule has 5 nitrogen and oxygen atoms in total. The van der Waals surface area contributed by atoms with E-state index in [9.17, 15) is 0 Å². The van der Waals surface area contributed by atoms with Crippen LogP contribution in [0.2, 0.25) is 0 Å². The third kappa shape index (κ3) is 4.47. The summed E-state index contributed by atoms with van der Waals surface area (Å²) >= 11 is 0. The van der Waals surface area contributed by atoms with E-state index in [1.165, 1.54) is 24.9 Å². The summed E-state index contributed by atoms with van der Waals surface area (Å²) in [6, 6.07) is 10.4. The van der Waals surface area contributed by atoms with E-state index in [0.29, 0.717) is 0 Å². The maximum absolute atomic E-state index is 6.06. The number of hydrogen-bond donors (Lipinski definition) is 0. The fourth-order valence-electron chi connectivity index (χ4n) is 4.38. The third-order valence-electron chi connectivity index (χ3n) is 5.53. The van der Waals surface area contributed by atoms with Crippen molar-refractivity contribution in [1.29, 1.82) is 0 Å². The molecule has 2 fully saturated rings. The van der Waals surface area contributed by atoms with Crippen LogP contribution in [0.3, 0.4) is 0 Å². The Kier molecular flexibility index (Phi) is 5.58. The van der Waals surface area contributed by atoms with Gasteiger partial charge in [0.1, 0.15) is 0 Å². The van der Waals surface area contributed by atoms with Crippen LogP contribution < -0.4 is 0 Å². The van der Waals surface area contributed by atoms with Crippen LogP contribution in [0.5, 0.6) is 0 Å². The average molecular weight is 352 g/mol. The van der Waals surface area contributed by atoms with Gasteiger partial charge in [0.15, 0.2) is 0 Å². The second-order valence-corrected chi connectivity index (χ2v) is 7.75. The smallest absolute Gasteiger partial charge is 0.0593 e. The summed E-state index contributed by atoms with van der Waals surface area (Å²) in [5.41, 5.74) is 2.72. The van der Waals surface area contributed by atoms with Crippen molar-refractivity contribution in [2.24, 2.45) is 5.41 Å². The Hall–Kier alpha value is -1.82. The molecule has 26 heavy (non-hydrogen) atoms. The van der Waals surface area contributed by atoms with Crippen molar-refractivity contribution in [2.45, 2.75) is 25.9 Å². The molecule has 0 aliphatic carbocycles. The largest absolute Gasteiger partial charge is 0.379 e. The predicted molar refractivity (Wildman–Crippen MR) is 102 cm³/mol. The van der Waals surface area contributed by atoms with Gasteiger partial charge in [0.2, 0.25) is 0 Å². The van der Waals surface area contributed by atoms with Gasteiger partial charge in [-0.05, 0) is 49.2 Å². The molecule has 138 valence electrons. The van der Waals surface area contributed by atoms with E-state index >= 15 is 0 Å². The van der Waals surface area contributed by atoms with Crippen LogP contribution in [0.4, 0.5) is 0 Å². The first-order valence-corrected chi connectivity index (χ1v) is 9.63. The molecule has 5 heteroatoms. The lowest BCUT2D eigenvalue weighted by Crippen LogP contribution is -2.50. The molecule has 0 N–H and O–H groups in total. The molecule has 2 aromatic heterocycles. The van der Waals surface area contributed by atoms with Gasteiger partial charge in [0.25, 0.3) is 0 Å². The molecule has 0 amide bonds. The first kappa shape index (κ1) is 17.6. The minimum atomic E-state index is 0.233. The third-order valence-corrected chi connectivity index (χ3v) is 5.53. The SMILES string of the molecule is c1ccc(CN2CCOC[C@]3(CCCN(Cc4ccncc4)C3)C2)nc1. The van der Waals surface area contributed by atoms with Crippen LogP contribution in [-0.2, 0) is 17.8 Å². The number of aromatic nitrogens is 2. The number of nitrogens with zero attached hydrogens (tertiary/aromatic N) is 4. The van der Waals surface area contributed by atoms with Gasteiger partial charge >= 0.3 is 0 Å². The average Bonchev–Trinajstić information content (AvgIpc) is 2.85. The number of ether oxygens (including phenoxy) is 1. The van der Waals surface area contributed by atoms with E-state index in [0.717, 1.165) is 51.6 Å². The van der Waals surface area contributed by atoms with E-state index in [2.05, 4.69) is 44.0 Å². The van der Waals surface area contributed by atoms with Crippen molar-refractivity contribution >= 4 is 0 Å². The van der Waals surface area contributed by atoms with Gasteiger partial charge in [-0.2, -0.15) is 0 Å². The van der Waals surface area contributed by atoms with Crippen LogP contribution in [0.25, 0.3) is 0 Å². The zero-order valence-electron chi connectivity index (χ0n) is 15.4. The molecule has 0 unspecified atom stereocenters. The number of hydrogen-bond acceptors (Lipinski definition) is 5. The van der Waals surface area contributed by atoms with Crippen molar-refractivity contribution in [2.75, 3.05) is 39.4 Å². The Balaban J connectivity index is 1.43. The molecule has 0 saturated carbocycles. The van der Waals surface area contributed by atoms with Gasteiger partial charge in [0.05, 0.1) is 18.9 Å². The van der Waals surface area contributed by atoms with Gasteiger partial charge in [0, 0.05) is 56.7 Å². The lowest BCUT2D eigenvalue weighted by atomic mass is 9.80. The highest BCUT2D eigenvalue weighted by molar-refractivity contribution is 5.10. The van der Waals surface area contributed by atoms with Crippen LogP contribution in [0.1, 0.15) is 24.1 Å². The molecule has 2 aliphatic rings.